The first-order valence-corrected chi connectivity index (χ1v) is 7.14. The van der Waals surface area contributed by atoms with E-state index >= 15 is 0 Å². The van der Waals surface area contributed by atoms with Crippen LogP contribution in [0.25, 0.3) is 0 Å². The van der Waals surface area contributed by atoms with Gasteiger partial charge in [0.25, 0.3) is 0 Å². The van der Waals surface area contributed by atoms with Crippen molar-refractivity contribution in [1.29, 1.82) is 0 Å². The summed E-state index contributed by atoms with van der Waals surface area (Å²) in [4.78, 5) is 0. The highest BCUT2D eigenvalue weighted by atomic mass is 35.5. The van der Waals surface area contributed by atoms with Gasteiger partial charge in [-0.05, 0) is 24.7 Å². The Morgan fingerprint density at radius 3 is 2.76 bits per heavy atom. The van der Waals surface area contributed by atoms with E-state index in [9.17, 15) is 12.8 Å². The Kier molecular flexibility index (Phi) is 5.17. The molecule has 0 unspecified atom stereocenters. The van der Waals surface area contributed by atoms with Crippen molar-refractivity contribution >= 4 is 27.3 Å². The number of anilines is 1. The first-order chi connectivity index (χ1) is 7.94. The molecular formula is C10H14ClFN2O2S. The summed E-state index contributed by atoms with van der Waals surface area (Å²) in [6.07, 6.45) is 0. The van der Waals surface area contributed by atoms with Gasteiger partial charge in [-0.25, -0.2) is 12.8 Å². The SMILES string of the molecule is CCNCCS(=O)(=O)Nc1cc(F)ccc1Cl. The van der Waals surface area contributed by atoms with Crippen molar-refractivity contribution in [3.8, 4) is 0 Å². The van der Waals surface area contributed by atoms with Crippen molar-refractivity contribution in [1.82, 2.24) is 5.32 Å². The fourth-order valence-corrected chi connectivity index (χ4v) is 2.42. The zero-order valence-electron chi connectivity index (χ0n) is 9.33. The Balaban J connectivity index is 2.72. The van der Waals surface area contributed by atoms with Crippen LogP contribution in [0, 0.1) is 5.82 Å². The minimum Gasteiger partial charge on any atom is -0.316 e. The van der Waals surface area contributed by atoms with E-state index in [1.807, 2.05) is 6.92 Å². The third kappa shape index (κ3) is 4.89. The number of hydrogen-bond acceptors (Lipinski definition) is 3. The molecule has 1 aromatic carbocycles. The van der Waals surface area contributed by atoms with Crippen LogP contribution in [0.2, 0.25) is 5.02 Å². The van der Waals surface area contributed by atoms with Gasteiger partial charge >= 0.3 is 0 Å². The van der Waals surface area contributed by atoms with Crippen LogP contribution < -0.4 is 10.0 Å². The highest BCUT2D eigenvalue weighted by Gasteiger charge is 2.12. The van der Waals surface area contributed by atoms with Gasteiger partial charge in [0.1, 0.15) is 5.82 Å². The lowest BCUT2D eigenvalue weighted by Gasteiger charge is -2.09. The standard InChI is InChI=1S/C10H14ClFN2O2S/c1-2-13-5-6-17(15,16)14-10-7-8(12)3-4-9(10)11/h3-4,7,13-14H,2,5-6H2,1H3. The molecule has 0 saturated carbocycles. The number of hydrogen-bond donors (Lipinski definition) is 2. The molecule has 0 aromatic heterocycles. The lowest BCUT2D eigenvalue weighted by atomic mass is 10.3. The van der Waals surface area contributed by atoms with Crippen molar-refractivity contribution in [2.45, 2.75) is 6.92 Å². The van der Waals surface area contributed by atoms with Gasteiger partial charge in [0.2, 0.25) is 10.0 Å². The van der Waals surface area contributed by atoms with E-state index in [0.29, 0.717) is 13.1 Å². The Hall–Kier alpha value is -0.850. The predicted octanol–water partition coefficient (Wildman–Crippen LogP) is 1.83. The summed E-state index contributed by atoms with van der Waals surface area (Å²) in [6.45, 7) is 2.90. The van der Waals surface area contributed by atoms with Crippen LogP contribution in [0.5, 0.6) is 0 Å². The molecule has 0 amide bonds. The van der Waals surface area contributed by atoms with Gasteiger partial charge in [-0.15, -0.1) is 0 Å². The molecule has 7 heteroatoms. The monoisotopic (exact) mass is 280 g/mol. The average molecular weight is 281 g/mol. The molecule has 17 heavy (non-hydrogen) atoms. The molecule has 4 nitrogen and oxygen atoms in total. The summed E-state index contributed by atoms with van der Waals surface area (Å²) >= 11 is 5.75. The van der Waals surface area contributed by atoms with Crippen LogP contribution in [-0.4, -0.2) is 27.3 Å². The highest BCUT2D eigenvalue weighted by molar-refractivity contribution is 7.92. The van der Waals surface area contributed by atoms with E-state index in [1.54, 1.807) is 0 Å². The summed E-state index contributed by atoms with van der Waals surface area (Å²) in [5.74, 6) is -0.632. The quantitative estimate of drug-likeness (QED) is 0.782. The number of nitrogens with one attached hydrogen (secondary N) is 2. The van der Waals surface area contributed by atoms with E-state index in [4.69, 9.17) is 11.6 Å². The van der Waals surface area contributed by atoms with Gasteiger partial charge in [0.05, 0.1) is 16.5 Å². The molecule has 0 aliphatic rings. The molecule has 0 saturated heterocycles. The molecule has 96 valence electrons. The van der Waals surface area contributed by atoms with E-state index in [0.717, 1.165) is 6.07 Å². The molecule has 0 aliphatic heterocycles. The van der Waals surface area contributed by atoms with Gasteiger partial charge in [0.15, 0.2) is 0 Å². The lowest BCUT2D eigenvalue weighted by Crippen LogP contribution is -2.26. The molecule has 0 aliphatic carbocycles. The van der Waals surface area contributed by atoms with Crippen LogP contribution in [0.3, 0.4) is 0 Å². The smallest absolute Gasteiger partial charge is 0.234 e. The highest BCUT2D eigenvalue weighted by Crippen LogP contribution is 2.23. The zero-order valence-corrected chi connectivity index (χ0v) is 10.9. The van der Waals surface area contributed by atoms with Crippen molar-refractivity contribution in [3.63, 3.8) is 0 Å². The van der Waals surface area contributed by atoms with Crippen LogP contribution in [0.4, 0.5) is 10.1 Å². The molecule has 0 spiro atoms. The van der Waals surface area contributed by atoms with Crippen LogP contribution in [-0.2, 0) is 10.0 Å². The van der Waals surface area contributed by atoms with Crippen molar-refractivity contribution in [2.24, 2.45) is 0 Å². The molecule has 0 bridgehead atoms. The fourth-order valence-electron chi connectivity index (χ4n) is 1.18. The third-order valence-electron chi connectivity index (χ3n) is 1.99. The molecule has 1 rings (SSSR count). The second kappa shape index (κ2) is 6.18. The number of sulfonamides is 1. The maximum atomic E-state index is 12.9. The second-order valence-electron chi connectivity index (χ2n) is 3.40. The third-order valence-corrected chi connectivity index (χ3v) is 3.59. The summed E-state index contributed by atoms with van der Waals surface area (Å²) in [6, 6.07) is 3.52. The number of halogens is 2. The summed E-state index contributed by atoms with van der Waals surface area (Å²) < 4.78 is 38.4. The Morgan fingerprint density at radius 1 is 1.41 bits per heavy atom. The van der Waals surface area contributed by atoms with Gasteiger partial charge in [-0.2, -0.15) is 0 Å². The topological polar surface area (TPSA) is 58.2 Å². The first-order valence-electron chi connectivity index (χ1n) is 5.11. The fraction of sp³-hybridized carbons (Fsp3) is 0.400. The summed E-state index contributed by atoms with van der Waals surface area (Å²) in [5.41, 5.74) is 0.0585. The van der Waals surface area contributed by atoms with E-state index < -0.39 is 15.8 Å². The maximum absolute atomic E-state index is 12.9. The van der Waals surface area contributed by atoms with E-state index in [-0.39, 0.29) is 16.5 Å². The van der Waals surface area contributed by atoms with Crippen LogP contribution >= 0.6 is 11.6 Å². The minimum atomic E-state index is -3.51. The number of benzene rings is 1. The first kappa shape index (κ1) is 14.2. The van der Waals surface area contributed by atoms with E-state index in [1.165, 1.54) is 12.1 Å². The Morgan fingerprint density at radius 2 is 2.12 bits per heavy atom. The van der Waals surface area contributed by atoms with Gasteiger partial charge in [-0.1, -0.05) is 18.5 Å². The summed E-state index contributed by atoms with van der Waals surface area (Å²) in [7, 11) is -3.51. The average Bonchev–Trinajstić information content (AvgIpc) is 2.23. The molecule has 0 atom stereocenters. The predicted molar refractivity (Wildman–Crippen MR) is 67.4 cm³/mol. The van der Waals surface area contributed by atoms with Gasteiger partial charge < -0.3 is 5.32 Å². The van der Waals surface area contributed by atoms with E-state index in [2.05, 4.69) is 10.0 Å². The normalized spacial score (nSPS) is 11.5. The minimum absolute atomic E-state index is 0.0585. The largest absolute Gasteiger partial charge is 0.316 e. The Bertz CT molecular complexity index is 479. The van der Waals surface area contributed by atoms with Gasteiger partial charge in [0, 0.05) is 6.54 Å². The summed E-state index contributed by atoms with van der Waals surface area (Å²) in [5, 5.41) is 3.06. The molecule has 2 N–H and O–H groups in total. The van der Waals surface area contributed by atoms with Crippen LogP contribution in [0.1, 0.15) is 6.92 Å². The second-order valence-corrected chi connectivity index (χ2v) is 5.65. The molecule has 1 aromatic rings. The molecular weight excluding hydrogens is 267 g/mol. The van der Waals surface area contributed by atoms with Gasteiger partial charge in [-0.3, -0.25) is 4.72 Å². The lowest BCUT2D eigenvalue weighted by molar-refractivity contribution is 0.597. The molecule has 0 fully saturated rings. The number of rotatable bonds is 6. The molecule has 0 heterocycles. The maximum Gasteiger partial charge on any atom is 0.234 e. The zero-order chi connectivity index (χ0) is 12.9. The Labute approximate surface area is 105 Å². The van der Waals surface area contributed by atoms with Crippen molar-refractivity contribution in [3.05, 3.63) is 29.0 Å². The van der Waals surface area contributed by atoms with Crippen molar-refractivity contribution < 1.29 is 12.8 Å². The molecule has 0 radical (unpaired) electrons. The van der Waals surface area contributed by atoms with Crippen molar-refractivity contribution in [2.75, 3.05) is 23.6 Å². The van der Waals surface area contributed by atoms with Crippen LogP contribution in [0.15, 0.2) is 18.2 Å².